The van der Waals surface area contributed by atoms with Crippen molar-refractivity contribution in [3.63, 3.8) is 0 Å². The molecule has 0 unspecified atom stereocenters. The van der Waals surface area contributed by atoms with Crippen LogP contribution < -0.4 is 4.72 Å². The number of rotatable bonds is 4. The Morgan fingerprint density at radius 3 is 2.47 bits per heavy atom. The predicted molar refractivity (Wildman–Crippen MR) is 107 cm³/mol. The number of sulfonamides is 1. The fourth-order valence-electron chi connectivity index (χ4n) is 2.47. The number of nitrogens with one attached hydrogen (secondary N) is 1. The molecule has 152 valence electrons. The second-order valence-corrected chi connectivity index (χ2v) is 7.89. The zero-order chi connectivity index (χ0) is 21.9. The Morgan fingerprint density at radius 2 is 1.83 bits per heavy atom. The Morgan fingerprint density at radius 1 is 1.13 bits per heavy atom. The van der Waals surface area contributed by atoms with E-state index < -0.39 is 33.1 Å². The smallest absolute Gasteiger partial charge is 0.339 e. The van der Waals surface area contributed by atoms with E-state index in [9.17, 15) is 22.7 Å². The third-order valence-electron chi connectivity index (χ3n) is 4.06. The Labute approximate surface area is 171 Å². The molecule has 2 aromatic carbocycles. The first-order valence-electron chi connectivity index (χ1n) is 8.50. The van der Waals surface area contributed by atoms with Crippen molar-refractivity contribution in [2.45, 2.75) is 11.8 Å². The quantitative estimate of drug-likeness (QED) is 0.552. The summed E-state index contributed by atoms with van der Waals surface area (Å²) in [6.07, 6.45) is 1.47. The van der Waals surface area contributed by atoms with Gasteiger partial charge in [-0.3, -0.25) is 4.72 Å². The molecule has 1 heterocycles. The number of aromatic carboxylic acids is 1. The molecule has 7 nitrogen and oxygen atoms in total. The zero-order valence-corrected chi connectivity index (χ0v) is 16.4. The summed E-state index contributed by atoms with van der Waals surface area (Å²) in [5, 5.41) is 18.5. The van der Waals surface area contributed by atoms with Crippen molar-refractivity contribution in [1.82, 2.24) is 4.98 Å². The lowest BCUT2D eigenvalue weighted by Gasteiger charge is -2.09. The van der Waals surface area contributed by atoms with Gasteiger partial charge in [0.1, 0.15) is 22.9 Å². The minimum Gasteiger partial charge on any atom is -0.507 e. The van der Waals surface area contributed by atoms with Gasteiger partial charge in [-0.1, -0.05) is 17.9 Å². The van der Waals surface area contributed by atoms with Crippen LogP contribution in [-0.2, 0) is 10.0 Å². The van der Waals surface area contributed by atoms with Crippen molar-refractivity contribution in [2.75, 3.05) is 4.72 Å². The molecule has 3 aromatic rings. The molecule has 3 N–H and O–H groups in total. The molecule has 30 heavy (non-hydrogen) atoms. The number of anilines is 1. The Balaban J connectivity index is 1.85. The van der Waals surface area contributed by atoms with Gasteiger partial charge in [0.25, 0.3) is 10.0 Å². The summed E-state index contributed by atoms with van der Waals surface area (Å²) < 4.78 is 41.3. The lowest BCUT2D eigenvalue weighted by molar-refractivity contribution is 0.0693. The first-order chi connectivity index (χ1) is 14.2. The summed E-state index contributed by atoms with van der Waals surface area (Å²) in [5.74, 6) is 2.35. The maximum absolute atomic E-state index is 13.9. The summed E-state index contributed by atoms with van der Waals surface area (Å²) >= 11 is 0. The van der Waals surface area contributed by atoms with Gasteiger partial charge in [0.2, 0.25) is 0 Å². The highest BCUT2D eigenvalue weighted by Crippen LogP contribution is 2.22. The monoisotopic (exact) mass is 426 g/mol. The first-order valence-corrected chi connectivity index (χ1v) is 9.98. The van der Waals surface area contributed by atoms with E-state index in [2.05, 4.69) is 21.5 Å². The van der Waals surface area contributed by atoms with E-state index in [1.807, 2.05) is 0 Å². The van der Waals surface area contributed by atoms with Crippen LogP contribution in [0.4, 0.5) is 10.2 Å². The Bertz CT molecular complexity index is 1290. The van der Waals surface area contributed by atoms with Crippen LogP contribution in [0.25, 0.3) is 0 Å². The number of carbonyl (C=O) groups is 1. The van der Waals surface area contributed by atoms with Crippen LogP contribution in [0, 0.1) is 24.6 Å². The number of aromatic nitrogens is 1. The van der Waals surface area contributed by atoms with Gasteiger partial charge in [-0.15, -0.1) is 0 Å². The van der Waals surface area contributed by atoms with Crippen LogP contribution in [0.15, 0.2) is 59.6 Å². The molecule has 0 amide bonds. The number of halogens is 1. The maximum Gasteiger partial charge on any atom is 0.339 e. The number of nitrogens with zero attached hydrogens (tertiary/aromatic N) is 1. The highest BCUT2D eigenvalue weighted by atomic mass is 32.2. The van der Waals surface area contributed by atoms with E-state index >= 15 is 0 Å². The molecule has 0 radical (unpaired) electrons. The zero-order valence-electron chi connectivity index (χ0n) is 15.5. The van der Waals surface area contributed by atoms with Gasteiger partial charge in [0.05, 0.1) is 10.5 Å². The van der Waals surface area contributed by atoms with Crippen molar-refractivity contribution in [1.29, 1.82) is 0 Å². The van der Waals surface area contributed by atoms with Gasteiger partial charge in [0, 0.05) is 17.8 Å². The van der Waals surface area contributed by atoms with E-state index in [1.54, 1.807) is 19.1 Å². The summed E-state index contributed by atoms with van der Waals surface area (Å²) in [7, 11) is -3.86. The van der Waals surface area contributed by atoms with Gasteiger partial charge < -0.3 is 10.2 Å². The van der Waals surface area contributed by atoms with Crippen LogP contribution in [0.3, 0.4) is 0 Å². The number of carboxylic acid groups (broad SMARTS) is 1. The van der Waals surface area contributed by atoms with E-state index in [0.717, 1.165) is 6.07 Å². The number of aryl methyl sites for hydroxylation is 1. The van der Waals surface area contributed by atoms with Gasteiger partial charge in [0.15, 0.2) is 0 Å². The Kier molecular flexibility index (Phi) is 5.71. The molecule has 0 atom stereocenters. The average Bonchev–Trinajstić information content (AvgIpc) is 2.69. The van der Waals surface area contributed by atoms with Crippen molar-refractivity contribution in [3.05, 3.63) is 82.8 Å². The number of hydrogen-bond acceptors (Lipinski definition) is 5. The van der Waals surface area contributed by atoms with Crippen LogP contribution in [-0.4, -0.2) is 29.6 Å². The SMILES string of the molecule is Cc1cccnc1NS(=O)(=O)c1ccc(C#Cc2cc(C(=O)O)c(O)cc2F)cc1. The van der Waals surface area contributed by atoms with Gasteiger partial charge in [-0.05, 0) is 48.9 Å². The second kappa shape index (κ2) is 8.23. The average molecular weight is 426 g/mol. The molecule has 1 aromatic heterocycles. The summed E-state index contributed by atoms with van der Waals surface area (Å²) in [4.78, 5) is 15.0. The highest BCUT2D eigenvalue weighted by Gasteiger charge is 2.16. The number of pyridine rings is 1. The van der Waals surface area contributed by atoms with Crippen LogP contribution in [0.2, 0.25) is 0 Å². The van der Waals surface area contributed by atoms with Gasteiger partial charge >= 0.3 is 5.97 Å². The highest BCUT2D eigenvalue weighted by molar-refractivity contribution is 7.92. The molecule has 0 fully saturated rings. The molecule has 0 spiro atoms. The topological polar surface area (TPSA) is 117 Å². The number of benzene rings is 2. The molecule has 0 aliphatic rings. The molecule has 0 saturated heterocycles. The van der Waals surface area contributed by atoms with E-state index in [-0.39, 0.29) is 16.3 Å². The maximum atomic E-state index is 13.9. The van der Waals surface area contributed by atoms with E-state index in [0.29, 0.717) is 17.2 Å². The minimum atomic E-state index is -3.86. The van der Waals surface area contributed by atoms with Crippen molar-refractivity contribution < 1.29 is 27.8 Å². The lowest BCUT2D eigenvalue weighted by atomic mass is 10.1. The van der Waals surface area contributed by atoms with Crippen LogP contribution in [0.1, 0.15) is 27.0 Å². The fraction of sp³-hybridized carbons (Fsp3) is 0.0476. The third kappa shape index (κ3) is 4.56. The summed E-state index contributed by atoms with van der Waals surface area (Å²) in [6.45, 7) is 1.72. The van der Waals surface area contributed by atoms with Crippen LogP contribution >= 0.6 is 0 Å². The van der Waals surface area contributed by atoms with Crippen LogP contribution in [0.5, 0.6) is 5.75 Å². The first kappa shape index (κ1) is 20.8. The Hall–Kier alpha value is -3.90. The van der Waals surface area contributed by atoms with Crippen molar-refractivity contribution in [3.8, 4) is 17.6 Å². The van der Waals surface area contributed by atoms with Crippen molar-refractivity contribution >= 4 is 21.8 Å². The largest absolute Gasteiger partial charge is 0.507 e. The number of hydrogen-bond donors (Lipinski definition) is 3. The van der Waals surface area contributed by atoms with E-state index in [4.69, 9.17) is 5.11 Å². The second-order valence-electron chi connectivity index (χ2n) is 6.20. The third-order valence-corrected chi connectivity index (χ3v) is 5.42. The molecule has 0 bridgehead atoms. The van der Waals surface area contributed by atoms with Gasteiger partial charge in [-0.25, -0.2) is 22.6 Å². The molecule has 0 aliphatic heterocycles. The standard InChI is InChI=1S/C21H15FN2O5S/c1-13-3-2-10-23-20(13)24-30(28,29)16-8-5-14(6-9-16)4-7-15-11-17(21(26)27)19(25)12-18(15)22/h2-3,5-6,8-12,25H,1H3,(H,23,24)(H,26,27). The molecule has 0 aliphatic carbocycles. The fourth-order valence-corrected chi connectivity index (χ4v) is 3.55. The summed E-state index contributed by atoms with van der Waals surface area (Å²) in [5.41, 5.74) is 0.361. The molecule has 3 rings (SSSR count). The number of aromatic hydroxyl groups is 1. The lowest BCUT2D eigenvalue weighted by Crippen LogP contribution is -2.14. The predicted octanol–water partition coefficient (Wildman–Crippen LogP) is 3.13. The molecular formula is C21H15FN2O5S. The molecule has 9 heteroatoms. The summed E-state index contributed by atoms with van der Waals surface area (Å²) in [6, 6.07) is 10.6. The number of carboxylic acids is 1. The molecular weight excluding hydrogens is 411 g/mol. The normalized spacial score (nSPS) is 10.7. The minimum absolute atomic E-state index is 0.0120. The molecule has 0 saturated carbocycles. The number of phenols is 1. The van der Waals surface area contributed by atoms with Crippen molar-refractivity contribution in [2.24, 2.45) is 0 Å². The van der Waals surface area contributed by atoms with E-state index in [1.165, 1.54) is 30.5 Å². The van der Waals surface area contributed by atoms with Gasteiger partial charge in [-0.2, -0.15) is 0 Å².